The average molecular weight is 598 g/mol. The summed E-state index contributed by atoms with van der Waals surface area (Å²) in [5, 5.41) is 12.3. The molecule has 0 aliphatic heterocycles. The Hall–Kier alpha value is -3.71. The van der Waals surface area contributed by atoms with Gasteiger partial charge in [-0.1, -0.05) is 18.2 Å². The third-order valence-electron chi connectivity index (χ3n) is 5.13. The van der Waals surface area contributed by atoms with E-state index in [1.807, 2.05) is 19.1 Å². The molecular formula is C28H24FIN2O4. The van der Waals surface area contributed by atoms with Crippen molar-refractivity contribution in [3.8, 4) is 11.8 Å². The van der Waals surface area contributed by atoms with Crippen LogP contribution in [0.25, 0.3) is 6.08 Å². The molecule has 184 valence electrons. The van der Waals surface area contributed by atoms with E-state index in [1.165, 1.54) is 24.3 Å². The SMILES string of the molecule is CCOC(=O)c1ccc(NC(=O)/C(C#N)=C/c2cc(I)c(Cc3ccccc3F)c(OCC)c2)cc1. The standard InChI is InChI=1S/C28H24FIN2O4/c1-3-35-26-15-18(14-25(30)23(26)16-20-7-5-6-8-24(20)29)13-21(17-31)27(33)32-22-11-9-19(10-12-22)28(34)36-4-2/h5-15H,3-4,16H2,1-2H3,(H,32,33)/b21-13+. The first-order valence-electron chi connectivity index (χ1n) is 11.2. The van der Waals surface area contributed by atoms with E-state index in [0.29, 0.717) is 41.2 Å². The number of halogens is 2. The van der Waals surface area contributed by atoms with Crippen molar-refractivity contribution in [2.75, 3.05) is 18.5 Å². The summed E-state index contributed by atoms with van der Waals surface area (Å²) in [5.41, 5.74) is 2.66. The van der Waals surface area contributed by atoms with Crippen LogP contribution in [0.4, 0.5) is 10.1 Å². The van der Waals surface area contributed by atoms with Crippen LogP contribution >= 0.6 is 22.6 Å². The van der Waals surface area contributed by atoms with Gasteiger partial charge in [-0.15, -0.1) is 0 Å². The minimum atomic E-state index is -0.593. The Morgan fingerprint density at radius 3 is 2.44 bits per heavy atom. The lowest BCUT2D eigenvalue weighted by atomic mass is 10.0. The number of nitrogens with zero attached hydrogens (tertiary/aromatic N) is 1. The first-order valence-corrected chi connectivity index (χ1v) is 12.3. The van der Waals surface area contributed by atoms with Crippen LogP contribution in [0.5, 0.6) is 5.75 Å². The summed E-state index contributed by atoms with van der Waals surface area (Å²) in [6, 6.07) is 18.3. The Balaban J connectivity index is 1.84. The van der Waals surface area contributed by atoms with Crippen LogP contribution in [0.3, 0.4) is 0 Å². The first kappa shape index (κ1) is 26.9. The molecule has 1 amide bonds. The van der Waals surface area contributed by atoms with Crippen molar-refractivity contribution >= 4 is 46.2 Å². The highest BCUT2D eigenvalue weighted by Gasteiger charge is 2.15. The molecule has 3 rings (SSSR count). The fourth-order valence-corrected chi connectivity index (χ4v) is 4.24. The van der Waals surface area contributed by atoms with Gasteiger partial charge in [0.05, 0.1) is 18.8 Å². The third kappa shape index (κ3) is 6.92. The maximum Gasteiger partial charge on any atom is 0.338 e. The molecular weight excluding hydrogens is 574 g/mol. The minimum absolute atomic E-state index is 0.107. The molecule has 0 atom stereocenters. The van der Waals surface area contributed by atoms with Gasteiger partial charge in [-0.25, -0.2) is 9.18 Å². The Kier molecular flexibility index (Phi) is 9.59. The number of anilines is 1. The molecule has 0 fully saturated rings. The normalized spacial score (nSPS) is 10.9. The molecule has 3 aromatic carbocycles. The van der Waals surface area contributed by atoms with Crippen molar-refractivity contribution in [3.05, 3.63) is 97.9 Å². The Bertz CT molecular complexity index is 1330. The average Bonchev–Trinajstić information content (AvgIpc) is 2.86. The van der Waals surface area contributed by atoms with Crippen molar-refractivity contribution in [2.45, 2.75) is 20.3 Å². The summed E-state index contributed by atoms with van der Waals surface area (Å²) >= 11 is 2.15. The lowest BCUT2D eigenvalue weighted by molar-refractivity contribution is -0.112. The molecule has 8 heteroatoms. The molecule has 0 saturated heterocycles. The molecule has 1 N–H and O–H groups in total. The van der Waals surface area contributed by atoms with E-state index in [-0.39, 0.29) is 18.0 Å². The van der Waals surface area contributed by atoms with E-state index in [0.717, 1.165) is 9.13 Å². The first-order chi connectivity index (χ1) is 17.4. The number of rotatable bonds is 9. The van der Waals surface area contributed by atoms with Crippen molar-refractivity contribution in [3.63, 3.8) is 0 Å². The van der Waals surface area contributed by atoms with Crippen molar-refractivity contribution in [1.82, 2.24) is 0 Å². The zero-order chi connectivity index (χ0) is 26.1. The molecule has 0 aliphatic carbocycles. The van der Waals surface area contributed by atoms with E-state index in [1.54, 1.807) is 43.3 Å². The monoisotopic (exact) mass is 598 g/mol. The largest absolute Gasteiger partial charge is 0.494 e. The van der Waals surface area contributed by atoms with Crippen molar-refractivity contribution in [2.24, 2.45) is 0 Å². The quantitative estimate of drug-likeness (QED) is 0.138. The molecule has 0 bridgehead atoms. The van der Waals surface area contributed by atoms with Gasteiger partial charge in [0, 0.05) is 21.2 Å². The zero-order valence-electron chi connectivity index (χ0n) is 19.8. The van der Waals surface area contributed by atoms with Gasteiger partial charge < -0.3 is 14.8 Å². The summed E-state index contributed by atoms with van der Waals surface area (Å²) in [5.74, 6) is -0.777. The molecule has 0 aromatic heterocycles. The van der Waals surface area contributed by atoms with Crippen LogP contribution in [0.2, 0.25) is 0 Å². The number of nitrogens with one attached hydrogen (secondary N) is 1. The van der Waals surface area contributed by atoms with Crippen LogP contribution in [-0.2, 0) is 16.0 Å². The molecule has 3 aromatic rings. The lowest BCUT2D eigenvalue weighted by Gasteiger charge is -2.14. The molecule has 36 heavy (non-hydrogen) atoms. The van der Waals surface area contributed by atoms with Crippen LogP contribution < -0.4 is 10.1 Å². The van der Waals surface area contributed by atoms with Gasteiger partial charge in [0.1, 0.15) is 23.2 Å². The predicted octanol–water partition coefficient (Wildman–Crippen LogP) is 6.14. The van der Waals surface area contributed by atoms with Crippen molar-refractivity contribution < 1.29 is 23.5 Å². The Morgan fingerprint density at radius 2 is 1.81 bits per heavy atom. The fourth-order valence-electron chi connectivity index (χ4n) is 3.42. The second-order valence-corrected chi connectivity index (χ2v) is 8.76. The van der Waals surface area contributed by atoms with Gasteiger partial charge in [0.15, 0.2) is 0 Å². The Morgan fingerprint density at radius 1 is 1.08 bits per heavy atom. The van der Waals surface area contributed by atoms with Gasteiger partial charge in [0.25, 0.3) is 5.91 Å². The number of amides is 1. The maximum absolute atomic E-state index is 14.2. The number of hydrogen-bond acceptors (Lipinski definition) is 5. The molecule has 0 heterocycles. The number of nitriles is 1. The van der Waals surface area contributed by atoms with Gasteiger partial charge in [-0.2, -0.15) is 5.26 Å². The van der Waals surface area contributed by atoms with Gasteiger partial charge >= 0.3 is 5.97 Å². The van der Waals surface area contributed by atoms with Crippen molar-refractivity contribution in [1.29, 1.82) is 5.26 Å². The highest BCUT2D eigenvalue weighted by molar-refractivity contribution is 14.1. The van der Waals surface area contributed by atoms with Crippen LogP contribution in [-0.4, -0.2) is 25.1 Å². The van der Waals surface area contributed by atoms with Crippen LogP contribution in [0.15, 0.2) is 66.2 Å². The number of carbonyl (C=O) groups excluding carboxylic acids is 2. The second kappa shape index (κ2) is 12.8. The van der Waals surface area contributed by atoms with E-state index in [9.17, 15) is 19.2 Å². The molecule has 0 radical (unpaired) electrons. The highest BCUT2D eigenvalue weighted by atomic mass is 127. The summed E-state index contributed by atoms with van der Waals surface area (Å²) in [7, 11) is 0. The zero-order valence-corrected chi connectivity index (χ0v) is 22.0. The molecule has 6 nitrogen and oxygen atoms in total. The van der Waals surface area contributed by atoms with Gasteiger partial charge in [-0.3, -0.25) is 4.79 Å². The topological polar surface area (TPSA) is 88.4 Å². The van der Waals surface area contributed by atoms with Gasteiger partial charge in [0.2, 0.25) is 0 Å². The lowest BCUT2D eigenvalue weighted by Crippen LogP contribution is -2.13. The number of carbonyl (C=O) groups is 2. The van der Waals surface area contributed by atoms with E-state index < -0.39 is 11.9 Å². The Labute approximate surface area is 222 Å². The molecule has 0 saturated carbocycles. The smallest absolute Gasteiger partial charge is 0.338 e. The third-order valence-corrected chi connectivity index (χ3v) is 6.09. The second-order valence-electron chi connectivity index (χ2n) is 7.60. The van der Waals surface area contributed by atoms with Crippen LogP contribution in [0, 0.1) is 20.7 Å². The summed E-state index contributed by atoms with van der Waals surface area (Å²) in [4.78, 5) is 24.5. The van der Waals surface area contributed by atoms with E-state index in [4.69, 9.17) is 9.47 Å². The number of benzene rings is 3. The molecule has 0 unspecified atom stereocenters. The highest BCUT2D eigenvalue weighted by Crippen LogP contribution is 2.30. The summed E-state index contributed by atoms with van der Waals surface area (Å²) in [6.45, 7) is 4.24. The summed E-state index contributed by atoms with van der Waals surface area (Å²) in [6.07, 6.45) is 1.82. The molecule has 0 aliphatic rings. The van der Waals surface area contributed by atoms with Gasteiger partial charge in [-0.05, 0) is 96.1 Å². The van der Waals surface area contributed by atoms with E-state index >= 15 is 0 Å². The summed E-state index contributed by atoms with van der Waals surface area (Å²) < 4.78 is 25.8. The fraction of sp³-hybridized carbons (Fsp3) is 0.179. The number of ether oxygens (including phenoxy) is 2. The maximum atomic E-state index is 14.2. The number of hydrogen-bond donors (Lipinski definition) is 1. The van der Waals surface area contributed by atoms with Crippen LogP contribution in [0.1, 0.15) is 40.9 Å². The van der Waals surface area contributed by atoms with E-state index in [2.05, 4.69) is 27.9 Å². The minimum Gasteiger partial charge on any atom is -0.494 e. The number of esters is 1. The molecule has 0 spiro atoms. The predicted molar refractivity (Wildman–Crippen MR) is 144 cm³/mol.